The third-order valence-electron chi connectivity index (χ3n) is 5.25. The summed E-state index contributed by atoms with van der Waals surface area (Å²) in [6, 6.07) is 5.30. The zero-order valence-corrected chi connectivity index (χ0v) is 17.6. The summed E-state index contributed by atoms with van der Waals surface area (Å²) in [5.74, 6) is 0.957. The minimum absolute atomic E-state index is 0.143. The van der Waals surface area contributed by atoms with Crippen LogP contribution in [0.4, 0.5) is 0 Å². The number of ketones is 1. The van der Waals surface area contributed by atoms with Gasteiger partial charge in [-0.1, -0.05) is 83.6 Å². The minimum atomic E-state index is 0.143. The molecule has 1 aromatic carbocycles. The van der Waals surface area contributed by atoms with E-state index in [0.717, 1.165) is 12.0 Å². The molecule has 0 spiro atoms. The second-order valence-corrected chi connectivity index (χ2v) is 7.68. The van der Waals surface area contributed by atoms with Crippen molar-refractivity contribution >= 4 is 5.78 Å². The largest absolute Gasteiger partial charge is 0.504 e. The molecule has 0 heterocycles. The van der Waals surface area contributed by atoms with Gasteiger partial charge in [0.1, 0.15) is 5.78 Å². The van der Waals surface area contributed by atoms with Gasteiger partial charge in [-0.05, 0) is 30.5 Å². The van der Waals surface area contributed by atoms with Gasteiger partial charge in [0.2, 0.25) is 0 Å². The number of Topliss-reactive ketones (excluding diaryl/α,β-unsaturated/α-hetero) is 1. The smallest absolute Gasteiger partial charge is 0.160 e. The van der Waals surface area contributed by atoms with Crippen molar-refractivity contribution in [1.29, 1.82) is 0 Å². The van der Waals surface area contributed by atoms with Crippen LogP contribution in [0.25, 0.3) is 0 Å². The van der Waals surface area contributed by atoms with Crippen molar-refractivity contribution in [2.45, 2.75) is 103 Å². The van der Waals surface area contributed by atoms with Crippen LogP contribution in [0, 0.1) is 0 Å². The molecule has 0 aromatic heterocycles. The van der Waals surface area contributed by atoms with Crippen molar-refractivity contribution in [3.63, 3.8) is 0 Å². The lowest BCUT2D eigenvalue weighted by Gasteiger charge is -2.06. The lowest BCUT2D eigenvalue weighted by Crippen LogP contribution is -2.00. The number of phenols is 1. The van der Waals surface area contributed by atoms with Crippen molar-refractivity contribution in [3.8, 4) is 11.5 Å². The van der Waals surface area contributed by atoms with E-state index in [-0.39, 0.29) is 5.75 Å². The number of aromatic hydroxyl groups is 1. The van der Waals surface area contributed by atoms with E-state index < -0.39 is 0 Å². The number of unbranched alkanes of at least 4 members (excludes halogenated alkanes) is 11. The number of hydrogen-bond donors (Lipinski definition) is 1. The molecule has 0 radical (unpaired) electrons. The van der Waals surface area contributed by atoms with Gasteiger partial charge in [0.05, 0.1) is 7.11 Å². The molecule has 0 aliphatic rings. The van der Waals surface area contributed by atoms with E-state index in [1.165, 1.54) is 77.7 Å². The van der Waals surface area contributed by atoms with E-state index in [0.29, 0.717) is 30.8 Å². The lowest BCUT2D eigenvalue weighted by atomic mass is 10.0. The van der Waals surface area contributed by atoms with Gasteiger partial charge in [0.15, 0.2) is 11.5 Å². The number of rotatable bonds is 17. The summed E-state index contributed by atoms with van der Waals surface area (Å²) in [7, 11) is 1.54. The van der Waals surface area contributed by atoms with Crippen LogP contribution in [-0.4, -0.2) is 18.0 Å². The van der Waals surface area contributed by atoms with E-state index in [1.807, 2.05) is 12.1 Å². The first kappa shape index (κ1) is 23.5. The molecular weight excluding hydrogens is 336 g/mol. The maximum Gasteiger partial charge on any atom is 0.160 e. The van der Waals surface area contributed by atoms with Gasteiger partial charge in [-0.25, -0.2) is 0 Å². The average molecular weight is 377 g/mol. The number of phenolic OH excluding ortho intramolecular Hbond substituents is 1. The van der Waals surface area contributed by atoms with Gasteiger partial charge in [-0.3, -0.25) is 4.79 Å². The highest BCUT2D eigenvalue weighted by Gasteiger charge is 2.06. The molecule has 3 heteroatoms. The Morgan fingerprint density at radius 2 is 1.41 bits per heavy atom. The Morgan fingerprint density at radius 3 is 1.96 bits per heavy atom. The number of methoxy groups -OCH3 is 1. The zero-order chi connectivity index (χ0) is 19.7. The summed E-state index contributed by atoms with van der Waals surface area (Å²) in [6.07, 6.45) is 17.8. The van der Waals surface area contributed by atoms with Gasteiger partial charge in [0.25, 0.3) is 0 Å². The highest BCUT2D eigenvalue weighted by Crippen LogP contribution is 2.26. The van der Waals surface area contributed by atoms with Gasteiger partial charge in [-0.15, -0.1) is 0 Å². The number of ether oxygens (including phenoxy) is 1. The summed E-state index contributed by atoms with van der Waals surface area (Å²) in [5.41, 5.74) is 1.03. The molecule has 1 aromatic rings. The number of hydrogen-bond acceptors (Lipinski definition) is 3. The van der Waals surface area contributed by atoms with Crippen LogP contribution in [0.2, 0.25) is 0 Å². The third-order valence-corrected chi connectivity index (χ3v) is 5.25. The van der Waals surface area contributed by atoms with E-state index in [1.54, 1.807) is 6.07 Å². The molecule has 154 valence electrons. The molecule has 0 fully saturated rings. The Morgan fingerprint density at radius 1 is 0.852 bits per heavy atom. The third kappa shape index (κ3) is 11.7. The Hall–Kier alpha value is -1.51. The molecular formula is C24H40O3. The summed E-state index contributed by atoms with van der Waals surface area (Å²) < 4.78 is 5.11. The number of aryl methyl sites for hydroxylation is 1. The first-order chi connectivity index (χ1) is 13.2. The molecule has 0 saturated heterocycles. The highest BCUT2D eigenvalue weighted by molar-refractivity contribution is 5.78. The van der Waals surface area contributed by atoms with Crippen LogP contribution >= 0.6 is 0 Å². The summed E-state index contributed by atoms with van der Waals surface area (Å²) in [6.45, 7) is 2.26. The van der Waals surface area contributed by atoms with Crippen LogP contribution in [0.5, 0.6) is 11.5 Å². The summed E-state index contributed by atoms with van der Waals surface area (Å²) >= 11 is 0. The van der Waals surface area contributed by atoms with Gasteiger partial charge < -0.3 is 9.84 Å². The van der Waals surface area contributed by atoms with E-state index in [2.05, 4.69) is 6.92 Å². The molecule has 0 aliphatic heterocycles. The van der Waals surface area contributed by atoms with Crippen LogP contribution < -0.4 is 4.74 Å². The maximum absolute atomic E-state index is 12.0. The SMILES string of the molecule is CCCCCCCCCCCCCCC(=O)CCc1ccc(O)c(OC)c1. The van der Waals surface area contributed by atoms with Crippen molar-refractivity contribution in [2.75, 3.05) is 7.11 Å². The quantitative estimate of drug-likeness (QED) is 0.298. The van der Waals surface area contributed by atoms with Gasteiger partial charge in [0, 0.05) is 12.8 Å². The molecule has 0 unspecified atom stereocenters. The van der Waals surface area contributed by atoms with E-state index in [9.17, 15) is 9.90 Å². The summed E-state index contributed by atoms with van der Waals surface area (Å²) in [5, 5.41) is 9.60. The predicted octanol–water partition coefficient (Wildman–Crippen LogP) is 6.99. The first-order valence-electron chi connectivity index (χ1n) is 11.0. The Kier molecular flexibility index (Phi) is 13.5. The Bertz CT molecular complexity index is 510. The normalized spacial score (nSPS) is 10.9. The fraction of sp³-hybridized carbons (Fsp3) is 0.708. The van der Waals surface area contributed by atoms with Gasteiger partial charge >= 0.3 is 0 Å². The standard InChI is InChI=1S/C24H40O3/c1-3-4-5-6-7-8-9-10-11-12-13-14-15-22(25)18-16-21-17-19-23(26)24(20-21)27-2/h17,19-20,26H,3-16,18H2,1-2H3. The number of carbonyl (C=O) groups excluding carboxylic acids is 1. The number of carbonyl (C=O) groups is 1. The topological polar surface area (TPSA) is 46.5 Å². The fourth-order valence-corrected chi connectivity index (χ4v) is 3.45. The highest BCUT2D eigenvalue weighted by atomic mass is 16.5. The predicted molar refractivity (Wildman–Crippen MR) is 114 cm³/mol. The van der Waals surface area contributed by atoms with Crippen LogP contribution in [0.3, 0.4) is 0 Å². The lowest BCUT2D eigenvalue weighted by molar-refractivity contribution is -0.119. The van der Waals surface area contributed by atoms with Crippen molar-refractivity contribution in [3.05, 3.63) is 23.8 Å². The van der Waals surface area contributed by atoms with Crippen molar-refractivity contribution in [1.82, 2.24) is 0 Å². The van der Waals surface area contributed by atoms with Crippen molar-refractivity contribution < 1.29 is 14.6 Å². The van der Waals surface area contributed by atoms with Crippen LogP contribution in [0.15, 0.2) is 18.2 Å². The monoisotopic (exact) mass is 376 g/mol. The molecule has 1 rings (SSSR count). The molecule has 1 N–H and O–H groups in total. The summed E-state index contributed by atoms with van der Waals surface area (Å²) in [4.78, 5) is 12.0. The Balaban J connectivity index is 1.96. The number of benzene rings is 1. The molecule has 3 nitrogen and oxygen atoms in total. The molecule has 0 amide bonds. The second-order valence-electron chi connectivity index (χ2n) is 7.68. The molecule has 27 heavy (non-hydrogen) atoms. The van der Waals surface area contributed by atoms with E-state index in [4.69, 9.17) is 4.74 Å². The average Bonchev–Trinajstić information content (AvgIpc) is 2.68. The van der Waals surface area contributed by atoms with Crippen LogP contribution in [0.1, 0.15) is 102 Å². The Labute approximate surface area is 166 Å². The van der Waals surface area contributed by atoms with E-state index >= 15 is 0 Å². The second kappa shape index (κ2) is 15.5. The molecule has 0 saturated carbocycles. The van der Waals surface area contributed by atoms with Crippen molar-refractivity contribution in [2.24, 2.45) is 0 Å². The maximum atomic E-state index is 12.0. The minimum Gasteiger partial charge on any atom is -0.504 e. The molecule has 0 bridgehead atoms. The van der Waals surface area contributed by atoms with Gasteiger partial charge in [-0.2, -0.15) is 0 Å². The first-order valence-corrected chi connectivity index (χ1v) is 11.0. The van der Waals surface area contributed by atoms with Crippen LogP contribution in [-0.2, 0) is 11.2 Å². The molecule has 0 atom stereocenters. The fourth-order valence-electron chi connectivity index (χ4n) is 3.45. The molecule has 0 aliphatic carbocycles. The zero-order valence-electron chi connectivity index (χ0n) is 17.6.